The molecule has 33 heavy (non-hydrogen) atoms. The van der Waals surface area contributed by atoms with E-state index < -0.39 is 23.8 Å². The molecule has 3 atom stereocenters. The van der Waals surface area contributed by atoms with Crippen molar-refractivity contribution >= 4 is 0 Å². The Morgan fingerprint density at radius 2 is 1.55 bits per heavy atom. The predicted molar refractivity (Wildman–Crippen MR) is 126 cm³/mol. The van der Waals surface area contributed by atoms with Gasteiger partial charge in [0.05, 0.1) is 12.7 Å². The fourth-order valence-electron chi connectivity index (χ4n) is 6.85. The summed E-state index contributed by atoms with van der Waals surface area (Å²) in [6, 6.07) is 2.98. The van der Waals surface area contributed by atoms with Crippen LogP contribution in [-0.4, -0.2) is 24.1 Å². The summed E-state index contributed by atoms with van der Waals surface area (Å²) in [5.74, 6) is -0.0544. The first-order valence-electron chi connectivity index (χ1n) is 13.5. The molecule has 1 aromatic rings. The molecule has 0 aromatic heterocycles. The van der Waals surface area contributed by atoms with Gasteiger partial charge in [0, 0.05) is 5.92 Å². The van der Waals surface area contributed by atoms with Crippen molar-refractivity contribution in [1.29, 1.82) is 0 Å². The second kappa shape index (κ2) is 12.0. The van der Waals surface area contributed by atoms with Crippen LogP contribution in [0.25, 0.3) is 0 Å². The van der Waals surface area contributed by atoms with E-state index in [0.29, 0.717) is 6.42 Å². The van der Waals surface area contributed by atoms with Crippen molar-refractivity contribution in [2.24, 2.45) is 17.8 Å². The first-order chi connectivity index (χ1) is 16.1. The zero-order valence-electron chi connectivity index (χ0n) is 20.2. The zero-order chi connectivity index (χ0) is 23.2. The first-order valence-corrected chi connectivity index (χ1v) is 13.5. The highest BCUT2D eigenvalue weighted by Crippen LogP contribution is 2.44. The van der Waals surface area contributed by atoms with E-state index in [2.05, 4.69) is 0 Å². The minimum atomic E-state index is -1.10. The number of benzene rings is 1. The van der Waals surface area contributed by atoms with E-state index in [1.807, 2.05) is 0 Å². The fraction of sp³-hybridized carbons (Fsp3) is 0.786. The molecule has 2 aliphatic carbocycles. The maximum atomic E-state index is 14.7. The van der Waals surface area contributed by atoms with Gasteiger partial charge in [-0.15, -0.1) is 0 Å². The van der Waals surface area contributed by atoms with Crippen LogP contribution in [0, 0.1) is 29.4 Å². The Morgan fingerprint density at radius 1 is 0.909 bits per heavy atom. The Labute approximate surface area is 198 Å². The monoisotopic (exact) mass is 464 g/mol. The molecular formula is C28H42F2O3. The Balaban J connectivity index is 1.35. The van der Waals surface area contributed by atoms with E-state index in [4.69, 9.17) is 9.47 Å². The minimum absolute atomic E-state index is 0.00142. The molecule has 4 rings (SSSR count). The Kier molecular flexibility index (Phi) is 9.04. The van der Waals surface area contributed by atoms with Crippen LogP contribution in [0.15, 0.2) is 12.1 Å². The molecule has 3 nitrogen and oxygen atoms in total. The smallest absolute Gasteiger partial charge is 0.200 e. The second-order valence-corrected chi connectivity index (χ2v) is 10.6. The molecule has 2 saturated carbocycles. The van der Waals surface area contributed by atoms with Gasteiger partial charge in [-0.2, -0.15) is 4.39 Å². The number of aliphatic hydroxyl groups excluding tert-OH is 1. The van der Waals surface area contributed by atoms with Crippen LogP contribution in [-0.2, 0) is 4.74 Å². The Morgan fingerprint density at radius 3 is 2.12 bits per heavy atom. The molecule has 1 saturated heterocycles. The minimum Gasteiger partial charge on any atom is -0.491 e. The number of hydrogen-bond donors (Lipinski definition) is 1. The molecule has 3 unspecified atom stereocenters. The maximum absolute atomic E-state index is 14.7. The highest BCUT2D eigenvalue weighted by molar-refractivity contribution is 5.33. The molecule has 1 aromatic carbocycles. The summed E-state index contributed by atoms with van der Waals surface area (Å²) in [5, 5.41) is 10.7. The van der Waals surface area contributed by atoms with Crippen molar-refractivity contribution in [3.63, 3.8) is 0 Å². The molecule has 3 aliphatic rings. The Bertz CT molecular complexity index is 725. The van der Waals surface area contributed by atoms with Gasteiger partial charge in [-0.05, 0) is 62.0 Å². The lowest BCUT2D eigenvalue weighted by molar-refractivity contribution is -0.178. The quantitative estimate of drug-likeness (QED) is 0.433. The lowest BCUT2D eigenvalue weighted by Crippen LogP contribution is -2.35. The van der Waals surface area contributed by atoms with Gasteiger partial charge in [-0.1, -0.05) is 70.3 Å². The standard InChI is InChI=1S/C28H42F2O3/c1-2-32-25-18-17-23(26(29)27(25)30)24-16-14-21(33-28(24)31)13-15-22(19-9-5-3-6-10-19)20-11-7-4-8-12-20/h17-22,24,28,31H,2-16H2,1H3. The number of aliphatic hydroxyl groups is 1. The summed E-state index contributed by atoms with van der Waals surface area (Å²) in [7, 11) is 0. The van der Waals surface area contributed by atoms with Crippen molar-refractivity contribution in [1.82, 2.24) is 0 Å². The van der Waals surface area contributed by atoms with Crippen molar-refractivity contribution < 1.29 is 23.4 Å². The lowest BCUT2D eigenvalue weighted by Gasteiger charge is -2.40. The second-order valence-electron chi connectivity index (χ2n) is 10.6. The number of ether oxygens (including phenoxy) is 2. The molecule has 0 spiro atoms. The molecule has 0 amide bonds. The third-order valence-electron chi connectivity index (χ3n) is 8.58. The molecule has 1 aliphatic heterocycles. The van der Waals surface area contributed by atoms with Crippen LogP contribution in [0.3, 0.4) is 0 Å². The van der Waals surface area contributed by atoms with E-state index >= 15 is 0 Å². The van der Waals surface area contributed by atoms with Gasteiger partial charge in [-0.3, -0.25) is 0 Å². The number of hydrogen-bond acceptors (Lipinski definition) is 3. The molecule has 5 heteroatoms. The third-order valence-corrected chi connectivity index (χ3v) is 8.58. The molecule has 0 radical (unpaired) electrons. The SMILES string of the molecule is CCOc1ccc(C2CCC(CCC(C3CCCCC3)C3CCCCC3)OC2O)c(F)c1F. The van der Waals surface area contributed by atoms with Gasteiger partial charge in [0.15, 0.2) is 17.9 Å². The molecule has 1 heterocycles. The normalized spacial score (nSPS) is 27.7. The average molecular weight is 465 g/mol. The van der Waals surface area contributed by atoms with Gasteiger partial charge < -0.3 is 14.6 Å². The van der Waals surface area contributed by atoms with Crippen molar-refractivity contribution in [2.75, 3.05) is 6.61 Å². The fourth-order valence-corrected chi connectivity index (χ4v) is 6.85. The average Bonchev–Trinajstić information content (AvgIpc) is 2.84. The number of rotatable bonds is 8. The molecule has 1 N–H and O–H groups in total. The summed E-state index contributed by atoms with van der Waals surface area (Å²) in [5.41, 5.74) is 0.184. The van der Waals surface area contributed by atoms with Crippen LogP contribution in [0.4, 0.5) is 8.78 Å². The zero-order valence-corrected chi connectivity index (χ0v) is 20.2. The van der Waals surface area contributed by atoms with Gasteiger partial charge >= 0.3 is 0 Å². The van der Waals surface area contributed by atoms with E-state index in [0.717, 1.165) is 30.6 Å². The van der Waals surface area contributed by atoms with E-state index in [1.165, 1.54) is 82.8 Å². The van der Waals surface area contributed by atoms with E-state index in [9.17, 15) is 13.9 Å². The van der Waals surface area contributed by atoms with Crippen LogP contribution >= 0.6 is 0 Å². The Hall–Kier alpha value is -1.20. The topological polar surface area (TPSA) is 38.7 Å². The third kappa shape index (κ3) is 6.08. The van der Waals surface area contributed by atoms with E-state index in [-0.39, 0.29) is 24.0 Å². The molecular weight excluding hydrogens is 422 g/mol. The van der Waals surface area contributed by atoms with Crippen LogP contribution in [0.1, 0.15) is 108 Å². The van der Waals surface area contributed by atoms with E-state index in [1.54, 1.807) is 6.92 Å². The summed E-state index contributed by atoms with van der Waals surface area (Å²) < 4.78 is 40.2. The maximum Gasteiger partial charge on any atom is 0.200 e. The van der Waals surface area contributed by atoms with Gasteiger partial charge in [0.1, 0.15) is 0 Å². The number of halogens is 2. The predicted octanol–water partition coefficient (Wildman–Crippen LogP) is 7.50. The van der Waals surface area contributed by atoms with Crippen LogP contribution < -0.4 is 4.74 Å². The van der Waals surface area contributed by atoms with Crippen LogP contribution in [0.2, 0.25) is 0 Å². The van der Waals surface area contributed by atoms with Gasteiger partial charge in [0.25, 0.3) is 0 Å². The first kappa shape index (κ1) is 24.9. The summed E-state index contributed by atoms with van der Waals surface area (Å²) in [6.07, 6.45) is 16.2. The van der Waals surface area contributed by atoms with Gasteiger partial charge in [0.2, 0.25) is 5.82 Å². The molecule has 3 fully saturated rings. The molecule has 186 valence electrons. The summed E-state index contributed by atoms with van der Waals surface area (Å²) >= 11 is 0. The van der Waals surface area contributed by atoms with Crippen molar-refractivity contribution in [2.45, 2.75) is 115 Å². The van der Waals surface area contributed by atoms with Gasteiger partial charge in [-0.25, -0.2) is 4.39 Å². The highest BCUT2D eigenvalue weighted by atomic mass is 19.2. The molecule has 0 bridgehead atoms. The lowest BCUT2D eigenvalue weighted by atomic mass is 9.67. The van der Waals surface area contributed by atoms with Crippen molar-refractivity contribution in [3.05, 3.63) is 29.3 Å². The van der Waals surface area contributed by atoms with Crippen molar-refractivity contribution in [3.8, 4) is 5.75 Å². The van der Waals surface area contributed by atoms with Crippen LogP contribution in [0.5, 0.6) is 5.75 Å². The summed E-state index contributed by atoms with van der Waals surface area (Å²) in [4.78, 5) is 0. The highest BCUT2D eigenvalue weighted by Gasteiger charge is 2.36. The largest absolute Gasteiger partial charge is 0.491 e. The summed E-state index contributed by atoms with van der Waals surface area (Å²) in [6.45, 7) is 2.01.